The monoisotopic (exact) mass is 388 g/mol. The van der Waals surface area contributed by atoms with Crippen molar-refractivity contribution in [2.75, 3.05) is 18.1 Å². The topological polar surface area (TPSA) is 104 Å². The van der Waals surface area contributed by atoms with Gasteiger partial charge in [0.25, 0.3) is 5.91 Å². The minimum Gasteiger partial charge on any atom is -0.494 e. The molecule has 1 fully saturated rings. The first-order valence-electron chi connectivity index (χ1n) is 9.10. The number of hydrogen-bond donors (Lipinski definition) is 1. The van der Waals surface area contributed by atoms with Crippen molar-refractivity contribution in [3.63, 3.8) is 0 Å². The Kier molecular flexibility index (Phi) is 7.31. The summed E-state index contributed by atoms with van der Waals surface area (Å²) in [4.78, 5) is 50.7. The van der Waals surface area contributed by atoms with Crippen LogP contribution < -0.4 is 9.64 Å². The van der Waals surface area contributed by atoms with Gasteiger partial charge in [-0.25, -0.2) is 4.90 Å². The zero-order chi connectivity index (χ0) is 20.7. The molecule has 0 saturated carbocycles. The fraction of sp³-hybridized carbons (Fsp3) is 0.400. The lowest BCUT2D eigenvalue weighted by molar-refractivity contribution is -0.142. The predicted octanol–water partition coefficient (Wildman–Crippen LogP) is 1.99. The van der Waals surface area contributed by atoms with Gasteiger partial charge < -0.3 is 14.7 Å². The Balaban J connectivity index is 2.16. The molecule has 1 atom stereocenters. The molecule has 3 amide bonds. The predicted molar refractivity (Wildman–Crippen MR) is 102 cm³/mol. The van der Waals surface area contributed by atoms with Crippen LogP contribution in [0, 0.1) is 0 Å². The Morgan fingerprint density at radius 1 is 1.29 bits per heavy atom. The van der Waals surface area contributed by atoms with Crippen LogP contribution >= 0.6 is 0 Å². The van der Waals surface area contributed by atoms with Crippen molar-refractivity contribution in [2.24, 2.45) is 0 Å². The van der Waals surface area contributed by atoms with E-state index in [9.17, 15) is 19.2 Å². The molecule has 1 aliphatic heterocycles. The molecule has 0 aliphatic carbocycles. The number of ether oxygens (including phenoxy) is 1. The van der Waals surface area contributed by atoms with E-state index in [0.29, 0.717) is 18.0 Å². The highest BCUT2D eigenvalue weighted by Gasteiger charge is 2.43. The zero-order valence-corrected chi connectivity index (χ0v) is 15.8. The van der Waals surface area contributed by atoms with Gasteiger partial charge in [-0.05, 0) is 30.7 Å². The van der Waals surface area contributed by atoms with E-state index >= 15 is 0 Å². The fourth-order valence-corrected chi connectivity index (χ4v) is 2.94. The number of nitrogens with zero attached hydrogens (tertiary/aromatic N) is 2. The Bertz CT molecular complexity index is 758. The van der Waals surface area contributed by atoms with Gasteiger partial charge in [0, 0.05) is 13.0 Å². The third-order valence-corrected chi connectivity index (χ3v) is 4.27. The Hall–Kier alpha value is -3.16. The molecule has 1 N–H and O–H groups in total. The number of carboxylic acids is 1. The molecule has 1 heterocycles. The quantitative estimate of drug-likeness (QED) is 0.486. The van der Waals surface area contributed by atoms with Crippen molar-refractivity contribution in [2.45, 2.75) is 38.6 Å². The molecule has 150 valence electrons. The Morgan fingerprint density at radius 2 is 1.96 bits per heavy atom. The van der Waals surface area contributed by atoms with Gasteiger partial charge >= 0.3 is 5.97 Å². The van der Waals surface area contributed by atoms with E-state index in [0.717, 1.165) is 11.3 Å². The van der Waals surface area contributed by atoms with Crippen molar-refractivity contribution in [3.8, 4) is 5.75 Å². The van der Waals surface area contributed by atoms with Crippen LogP contribution in [0.15, 0.2) is 36.9 Å². The molecule has 0 aromatic heterocycles. The van der Waals surface area contributed by atoms with Gasteiger partial charge in [0.15, 0.2) is 0 Å². The average molecular weight is 388 g/mol. The molecule has 0 spiro atoms. The van der Waals surface area contributed by atoms with Crippen LogP contribution in [-0.2, 0) is 19.2 Å². The second-order valence-corrected chi connectivity index (χ2v) is 6.36. The van der Waals surface area contributed by atoms with Crippen LogP contribution in [0.5, 0.6) is 5.75 Å². The summed E-state index contributed by atoms with van der Waals surface area (Å²) in [7, 11) is 0. The number of benzene rings is 1. The molecule has 1 aromatic rings. The van der Waals surface area contributed by atoms with Gasteiger partial charge in [-0.15, -0.1) is 6.58 Å². The number of carbonyl (C=O) groups excluding carboxylic acids is 3. The summed E-state index contributed by atoms with van der Waals surface area (Å²) in [5.74, 6) is -1.90. The number of anilines is 1. The summed E-state index contributed by atoms with van der Waals surface area (Å²) in [6.45, 7) is 6.18. The standard InChI is InChI=1S/C20H24N2O6/c1-3-11-21(17(23)9-10-19(25)26)16-13-18(24)22(20(16)27)14-5-7-15(8-6-14)28-12-4-2/h3,5-8,16H,1,4,9-13H2,2H3,(H,25,26)/t16-/m0/s1. The lowest BCUT2D eigenvalue weighted by atomic mass is 10.1. The summed E-state index contributed by atoms with van der Waals surface area (Å²) in [6.07, 6.45) is 1.56. The van der Waals surface area contributed by atoms with E-state index in [-0.39, 0.29) is 25.8 Å². The molecule has 1 aromatic carbocycles. The molecular formula is C20H24N2O6. The van der Waals surface area contributed by atoms with Crippen LogP contribution in [0.1, 0.15) is 32.6 Å². The SMILES string of the molecule is C=CCN(C(=O)CCC(=O)O)[C@H]1CC(=O)N(c2ccc(OCCC)cc2)C1=O. The molecule has 8 heteroatoms. The van der Waals surface area contributed by atoms with Gasteiger partial charge in [0.05, 0.1) is 25.1 Å². The average Bonchev–Trinajstić information content (AvgIpc) is 2.97. The normalized spacial score (nSPS) is 16.2. The van der Waals surface area contributed by atoms with Crippen LogP contribution in [0.25, 0.3) is 0 Å². The van der Waals surface area contributed by atoms with Crippen molar-refractivity contribution >= 4 is 29.4 Å². The summed E-state index contributed by atoms with van der Waals surface area (Å²) < 4.78 is 5.50. The highest BCUT2D eigenvalue weighted by atomic mass is 16.5. The van der Waals surface area contributed by atoms with Gasteiger partial charge in [0.2, 0.25) is 11.8 Å². The van der Waals surface area contributed by atoms with E-state index in [1.54, 1.807) is 24.3 Å². The molecular weight excluding hydrogens is 364 g/mol. The number of hydrogen-bond acceptors (Lipinski definition) is 5. The third kappa shape index (κ3) is 4.97. The van der Waals surface area contributed by atoms with E-state index in [4.69, 9.17) is 9.84 Å². The minimum atomic E-state index is -1.10. The van der Waals surface area contributed by atoms with Crippen molar-refractivity contribution in [1.29, 1.82) is 0 Å². The molecule has 0 unspecified atom stereocenters. The number of imide groups is 1. The minimum absolute atomic E-state index is 0.0553. The van der Waals surface area contributed by atoms with Crippen LogP contribution in [-0.4, -0.2) is 52.9 Å². The smallest absolute Gasteiger partial charge is 0.303 e. The van der Waals surface area contributed by atoms with Crippen molar-refractivity contribution in [3.05, 3.63) is 36.9 Å². The van der Waals surface area contributed by atoms with E-state index < -0.39 is 29.7 Å². The van der Waals surface area contributed by atoms with E-state index in [1.807, 2.05) is 6.92 Å². The highest BCUT2D eigenvalue weighted by Crippen LogP contribution is 2.28. The number of carboxylic acid groups (broad SMARTS) is 1. The first kappa shape index (κ1) is 21.1. The highest BCUT2D eigenvalue weighted by molar-refractivity contribution is 6.23. The second-order valence-electron chi connectivity index (χ2n) is 6.36. The first-order chi connectivity index (χ1) is 13.4. The maximum Gasteiger partial charge on any atom is 0.303 e. The number of carbonyl (C=O) groups is 4. The summed E-state index contributed by atoms with van der Waals surface area (Å²) in [5.41, 5.74) is 0.401. The Labute approximate surface area is 163 Å². The number of aliphatic carboxylic acids is 1. The van der Waals surface area contributed by atoms with Crippen LogP contribution in [0.3, 0.4) is 0 Å². The number of amides is 3. The van der Waals surface area contributed by atoms with Gasteiger partial charge in [-0.3, -0.25) is 19.2 Å². The van der Waals surface area contributed by atoms with E-state index in [1.165, 1.54) is 11.0 Å². The maximum atomic E-state index is 12.9. The van der Waals surface area contributed by atoms with Gasteiger partial charge in [0.1, 0.15) is 11.8 Å². The van der Waals surface area contributed by atoms with Crippen LogP contribution in [0.2, 0.25) is 0 Å². The molecule has 0 radical (unpaired) electrons. The molecule has 1 saturated heterocycles. The van der Waals surface area contributed by atoms with Crippen molar-refractivity contribution < 1.29 is 29.0 Å². The molecule has 1 aliphatic rings. The first-order valence-corrected chi connectivity index (χ1v) is 9.10. The Morgan fingerprint density at radius 3 is 2.54 bits per heavy atom. The summed E-state index contributed by atoms with van der Waals surface area (Å²) in [5, 5.41) is 8.77. The summed E-state index contributed by atoms with van der Waals surface area (Å²) >= 11 is 0. The molecule has 0 bridgehead atoms. The molecule has 2 rings (SSSR count). The van der Waals surface area contributed by atoms with Gasteiger partial charge in [-0.2, -0.15) is 0 Å². The molecule has 8 nitrogen and oxygen atoms in total. The maximum absolute atomic E-state index is 12.9. The number of rotatable bonds is 10. The summed E-state index contributed by atoms with van der Waals surface area (Å²) in [6, 6.07) is 5.62. The lowest BCUT2D eigenvalue weighted by Crippen LogP contribution is -2.45. The van der Waals surface area contributed by atoms with Crippen molar-refractivity contribution in [1.82, 2.24) is 4.90 Å². The van der Waals surface area contributed by atoms with E-state index in [2.05, 4.69) is 6.58 Å². The van der Waals surface area contributed by atoms with Gasteiger partial charge in [-0.1, -0.05) is 13.0 Å². The second kappa shape index (κ2) is 9.68. The molecule has 28 heavy (non-hydrogen) atoms. The zero-order valence-electron chi connectivity index (χ0n) is 15.8. The van der Waals surface area contributed by atoms with Crippen LogP contribution in [0.4, 0.5) is 5.69 Å². The third-order valence-electron chi connectivity index (χ3n) is 4.27. The fourth-order valence-electron chi connectivity index (χ4n) is 2.94. The lowest BCUT2D eigenvalue weighted by Gasteiger charge is -2.26. The largest absolute Gasteiger partial charge is 0.494 e.